The van der Waals surface area contributed by atoms with Crippen LogP contribution < -0.4 is 10.6 Å². The maximum absolute atomic E-state index is 12.3. The van der Waals surface area contributed by atoms with E-state index in [4.69, 9.17) is 0 Å². The fourth-order valence-corrected chi connectivity index (χ4v) is 2.86. The lowest BCUT2D eigenvalue weighted by molar-refractivity contribution is -0.119. The monoisotopic (exact) mass is 369 g/mol. The Bertz CT molecular complexity index is 1080. The second kappa shape index (κ2) is 8.26. The molecule has 0 saturated heterocycles. The van der Waals surface area contributed by atoms with E-state index in [1.165, 1.54) is 0 Å². The molecule has 0 unspecified atom stereocenters. The van der Waals surface area contributed by atoms with Crippen molar-refractivity contribution in [2.75, 3.05) is 11.9 Å². The van der Waals surface area contributed by atoms with Gasteiger partial charge >= 0.3 is 0 Å². The quantitative estimate of drug-likeness (QED) is 0.544. The van der Waals surface area contributed by atoms with E-state index in [1.54, 1.807) is 12.4 Å². The number of nitrogens with zero attached hydrogens (tertiary/aromatic N) is 3. The van der Waals surface area contributed by atoms with E-state index in [2.05, 4.69) is 25.6 Å². The van der Waals surface area contributed by atoms with Crippen LogP contribution in [0.1, 0.15) is 5.56 Å². The van der Waals surface area contributed by atoms with Crippen LogP contribution >= 0.6 is 0 Å². The molecule has 0 aliphatic carbocycles. The fourth-order valence-electron chi connectivity index (χ4n) is 2.86. The van der Waals surface area contributed by atoms with Gasteiger partial charge in [0.05, 0.1) is 12.1 Å². The summed E-state index contributed by atoms with van der Waals surface area (Å²) in [5, 5.41) is 6.94. The lowest BCUT2D eigenvalue weighted by atomic mass is 10.2. The highest BCUT2D eigenvalue weighted by Crippen LogP contribution is 2.24. The van der Waals surface area contributed by atoms with Crippen molar-refractivity contribution in [2.24, 2.45) is 0 Å². The molecule has 0 aliphatic heterocycles. The van der Waals surface area contributed by atoms with Gasteiger partial charge in [0.2, 0.25) is 5.91 Å². The summed E-state index contributed by atoms with van der Waals surface area (Å²) in [5.74, 6) is 1.12. The number of hydrogen-bond donors (Lipinski definition) is 2. The van der Waals surface area contributed by atoms with E-state index < -0.39 is 0 Å². The number of hydrogen-bond acceptors (Lipinski definition) is 5. The molecule has 2 aromatic carbocycles. The second-order valence-corrected chi connectivity index (χ2v) is 6.26. The van der Waals surface area contributed by atoms with Crippen molar-refractivity contribution < 1.29 is 4.79 Å². The van der Waals surface area contributed by atoms with Gasteiger partial charge in [-0.25, -0.2) is 9.97 Å². The minimum Gasteiger partial charge on any atom is -0.360 e. The average Bonchev–Trinajstić information content (AvgIpc) is 2.77. The van der Waals surface area contributed by atoms with Crippen molar-refractivity contribution in [1.29, 1.82) is 0 Å². The molecule has 4 aromatic rings. The Balaban J connectivity index is 1.52. The minimum absolute atomic E-state index is 0.1000. The average molecular weight is 369 g/mol. The van der Waals surface area contributed by atoms with E-state index in [1.807, 2.05) is 66.7 Å². The maximum Gasteiger partial charge on any atom is 0.239 e. The first-order chi connectivity index (χ1) is 13.8. The van der Waals surface area contributed by atoms with Gasteiger partial charge in [-0.2, -0.15) is 0 Å². The van der Waals surface area contributed by atoms with Crippen LogP contribution in [0.15, 0.2) is 79.1 Å². The van der Waals surface area contributed by atoms with E-state index >= 15 is 0 Å². The van der Waals surface area contributed by atoms with Crippen molar-refractivity contribution >= 4 is 22.6 Å². The zero-order valence-corrected chi connectivity index (χ0v) is 15.2. The highest BCUT2D eigenvalue weighted by Gasteiger charge is 2.10. The standard InChI is InChI=1S/C22H19N5O/c28-20(24-14-16-6-2-1-3-7-16)15-25-22-18-8-4-5-9-19(18)26-21(27-22)17-10-12-23-13-11-17/h1-13H,14-15H2,(H,24,28)(H,25,26,27). The molecule has 0 aliphatic rings. The number of para-hydroxylation sites is 1. The maximum atomic E-state index is 12.3. The molecule has 0 atom stereocenters. The number of aromatic nitrogens is 3. The Kier molecular flexibility index (Phi) is 5.20. The summed E-state index contributed by atoms with van der Waals surface area (Å²) >= 11 is 0. The second-order valence-electron chi connectivity index (χ2n) is 6.26. The zero-order chi connectivity index (χ0) is 19.2. The van der Waals surface area contributed by atoms with Crippen molar-refractivity contribution in [3.8, 4) is 11.4 Å². The summed E-state index contributed by atoms with van der Waals surface area (Å²) in [6.45, 7) is 0.623. The fraction of sp³-hybridized carbons (Fsp3) is 0.0909. The Morgan fingerprint density at radius 1 is 0.857 bits per heavy atom. The number of fused-ring (bicyclic) bond motifs is 1. The van der Waals surface area contributed by atoms with Crippen molar-refractivity contribution in [3.05, 3.63) is 84.7 Å². The predicted octanol–water partition coefficient (Wildman–Crippen LogP) is 3.42. The third kappa shape index (κ3) is 4.12. The molecular formula is C22H19N5O. The minimum atomic E-state index is -0.1000. The molecular weight excluding hydrogens is 350 g/mol. The molecule has 4 rings (SSSR count). The van der Waals surface area contributed by atoms with Crippen LogP contribution in [0.5, 0.6) is 0 Å². The van der Waals surface area contributed by atoms with Gasteiger partial charge in [-0.3, -0.25) is 9.78 Å². The Hall–Kier alpha value is -3.80. The molecule has 0 saturated carbocycles. The smallest absolute Gasteiger partial charge is 0.239 e. The SMILES string of the molecule is O=C(CNc1nc(-c2ccncc2)nc2ccccc12)NCc1ccccc1. The van der Waals surface area contributed by atoms with Gasteiger partial charge in [-0.15, -0.1) is 0 Å². The van der Waals surface area contributed by atoms with Crippen molar-refractivity contribution in [1.82, 2.24) is 20.3 Å². The lowest BCUT2D eigenvalue weighted by Gasteiger charge is -2.11. The molecule has 138 valence electrons. The molecule has 2 N–H and O–H groups in total. The third-order valence-corrected chi connectivity index (χ3v) is 4.29. The van der Waals surface area contributed by atoms with Gasteiger partial charge in [0.25, 0.3) is 0 Å². The number of amides is 1. The van der Waals surface area contributed by atoms with Gasteiger partial charge in [0.15, 0.2) is 5.82 Å². The third-order valence-electron chi connectivity index (χ3n) is 4.29. The van der Waals surface area contributed by atoms with E-state index in [0.29, 0.717) is 18.2 Å². The van der Waals surface area contributed by atoms with E-state index in [9.17, 15) is 4.79 Å². The van der Waals surface area contributed by atoms with Crippen LogP contribution in [0.2, 0.25) is 0 Å². The molecule has 0 bridgehead atoms. The summed E-state index contributed by atoms with van der Waals surface area (Å²) in [5.41, 5.74) is 2.75. The van der Waals surface area contributed by atoms with Crippen LogP contribution in [0.3, 0.4) is 0 Å². The highest BCUT2D eigenvalue weighted by atomic mass is 16.1. The predicted molar refractivity (Wildman–Crippen MR) is 110 cm³/mol. The Labute approximate surface area is 162 Å². The van der Waals surface area contributed by atoms with Crippen LogP contribution in [-0.2, 0) is 11.3 Å². The molecule has 0 fully saturated rings. The topological polar surface area (TPSA) is 79.8 Å². The summed E-state index contributed by atoms with van der Waals surface area (Å²) in [7, 11) is 0. The summed E-state index contributed by atoms with van der Waals surface area (Å²) < 4.78 is 0. The first-order valence-electron chi connectivity index (χ1n) is 9.01. The molecule has 28 heavy (non-hydrogen) atoms. The number of carbonyl (C=O) groups excluding carboxylic acids is 1. The van der Waals surface area contributed by atoms with Gasteiger partial charge in [0.1, 0.15) is 5.82 Å². The molecule has 0 spiro atoms. The van der Waals surface area contributed by atoms with Gasteiger partial charge in [-0.05, 0) is 29.8 Å². The molecule has 6 heteroatoms. The number of carbonyl (C=O) groups is 1. The Morgan fingerprint density at radius 3 is 2.43 bits per heavy atom. The van der Waals surface area contributed by atoms with Gasteiger partial charge < -0.3 is 10.6 Å². The van der Waals surface area contributed by atoms with E-state index in [-0.39, 0.29) is 12.5 Å². The van der Waals surface area contributed by atoms with Gasteiger partial charge in [-0.1, -0.05) is 42.5 Å². The van der Waals surface area contributed by atoms with Crippen LogP contribution in [0.25, 0.3) is 22.3 Å². The highest BCUT2D eigenvalue weighted by molar-refractivity contribution is 5.92. The zero-order valence-electron chi connectivity index (χ0n) is 15.2. The van der Waals surface area contributed by atoms with Gasteiger partial charge in [0, 0.05) is 29.9 Å². The molecule has 6 nitrogen and oxygen atoms in total. The first-order valence-corrected chi connectivity index (χ1v) is 9.01. The molecule has 2 aromatic heterocycles. The molecule has 0 radical (unpaired) electrons. The number of benzene rings is 2. The molecule has 2 heterocycles. The first kappa shape index (κ1) is 17.6. The van der Waals surface area contributed by atoms with Crippen molar-refractivity contribution in [2.45, 2.75) is 6.54 Å². The summed E-state index contributed by atoms with van der Waals surface area (Å²) in [4.78, 5) is 25.6. The lowest BCUT2D eigenvalue weighted by Crippen LogP contribution is -2.29. The van der Waals surface area contributed by atoms with Crippen molar-refractivity contribution in [3.63, 3.8) is 0 Å². The Morgan fingerprint density at radius 2 is 1.61 bits per heavy atom. The number of rotatable bonds is 6. The van der Waals surface area contributed by atoms with Crippen LogP contribution in [0.4, 0.5) is 5.82 Å². The normalized spacial score (nSPS) is 10.6. The molecule has 1 amide bonds. The summed E-state index contributed by atoms with van der Waals surface area (Å²) in [6, 6.07) is 21.3. The van der Waals surface area contributed by atoms with Crippen LogP contribution in [0, 0.1) is 0 Å². The van der Waals surface area contributed by atoms with E-state index in [0.717, 1.165) is 22.0 Å². The number of nitrogens with one attached hydrogen (secondary N) is 2. The largest absolute Gasteiger partial charge is 0.360 e. The number of anilines is 1. The van der Waals surface area contributed by atoms with Crippen LogP contribution in [-0.4, -0.2) is 27.4 Å². The summed E-state index contributed by atoms with van der Waals surface area (Å²) in [6.07, 6.45) is 3.41. The number of pyridine rings is 1.